The summed E-state index contributed by atoms with van der Waals surface area (Å²) in [6.45, 7) is 3.11. The van der Waals surface area contributed by atoms with E-state index in [1.807, 2.05) is 0 Å². The molecule has 2 aromatic carbocycles. The van der Waals surface area contributed by atoms with Gasteiger partial charge < -0.3 is 14.3 Å². The maximum Gasteiger partial charge on any atom is 0.374 e. The van der Waals surface area contributed by atoms with Crippen LogP contribution in [-0.2, 0) is 9.63 Å². The lowest BCUT2D eigenvalue weighted by Crippen LogP contribution is -2.24. The Morgan fingerprint density at radius 2 is 1.60 bits per heavy atom. The molecular weight excluding hydrogens is 342 g/mol. The highest BCUT2D eigenvalue weighted by molar-refractivity contribution is 6.30. The zero-order valence-corrected chi connectivity index (χ0v) is 14.5. The molecule has 0 bridgehead atoms. The van der Waals surface area contributed by atoms with E-state index in [9.17, 15) is 4.79 Å². The number of nitrogens with zero attached hydrogens (tertiary/aromatic N) is 1. The first-order valence-electron chi connectivity index (χ1n) is 7.40. The summed E-state index contributed by atoms with van der Waals surface area (Å²) in [7, 11) is 0. The van der Waals surface area contributed by atoms with E-state index in [0.29, 0.717) is 22.3 Å². The van der Waals surface area contributed by atoms with E-state index in [-0.39, 0.29) is 5.71 Å². The zero-order valence-electron chi connectivity index (χ0n) is 13.7. The molecule has 5 nitrogen and oxygen atoms in total. The molecule has 6 heteroatoms. The van der Waals surface area contributed by atoms with Crippen molar-refractivity contribution in [3.8, 4) is 29.6 Å². The van der Waals surface area contributed by atoms with Gasteiger partial charge in [0.05, 0.1) is 0 Å². The van der Waals surface area contributed by atoms with Crippen LogP contribution in [0.1, 0.15) is 13.8 Å². The Balaban J connectivity index is 1.92. The molecule has 0 spiro atoms. The smallest absolute Gasteiger partial charge is 0.374 e. The van der Waals surface area contributed by atoms with Crippen LogP contribution in [-0.4, -0.2) is 17.8 Å². The van der Waals surface area contributed by atoms with E-state index in [2.05, 4.69) is 15.9 Å². The molecule has 0 aliphatic carbocycles. The summed E-state index contributed by atoms with van der Waals surface area (Å²) >= 11 is 5.83. The largest absolute Gasteiger partial charge is 0.479 e. The van der Waals surface area contributed by atoms with E-state index in [4.69, 9.17) is 27.5 Å². The quantitative estimate of drug-likeness (QED) is 0.331. The van der Waals surface area contributed by atoms with Gasteiger partial charge in [-0.1, -0.05) is 22.7 Å². The van der Waals surface area contributed by atoms with Crippen molar-refractivity contribution < 1.29 is 19.1 Å². The van der Waals surface area contributed by atoms with Crippen LogP contribution in [0.4, 0.5) is 0 Å². The van der Waals surface area contributed by atoms with Crippen LogP contribution in [0.25, 0.3) is 0 Å². The number of halogens is 1. The fourth-order valence-corrected chi connectivity index (χ4v) is 1.82. The van der Waals surface area contributed by atoms with E-state index < -0.39 is 12.1 Å². The fraction of sp³-hybridized carbons (Fsp3) is 0.158. The van der Waals surface area contributed by atoms with Crippen LogP contribution in [0.5, 0.6) is 17.2 Å². The Morgan fingerprint density at radius 3 is 2.16 bits per heavy atom. The molecule has 0 amide bonds. The number of carbonyl (C=O) groups excluding carboxylic acids is 1. The van der Waals surface area contributed by atoms with Gasteiger partial charge in [-0.3, -0.25) is 0 Å². The number of oxime groups is 1. The summed E-state index contributed by atoms with van der Waals surface area (Å²) in [5, 5.41) is 4.13. The summed E-state index contributed by atoms with van der Waals surface area (Å²) in [6.07, 6.45) is 4.28. The number of rotatable bonds is 6. The normalized spacial score (nSPS) is 12.0. The summed E-state index contributed by atoms with van der Waals surface area (Å²) in [4.78, 5) is 16.4. The van der Waals surface area contributed by atoms with Crippen LogP contribution in [0, 0.1) is 12.3 Å². The Morgan fingerprint density at radius 1 is 1.08 bits per heavy atom. The maximum atomic E-state index is 11.7. The molecule has 0 saturated carbocycles. The van der Waals surface area contributed by atoms with Gasteiger partial charge in [-0.15, -0.1) is 6.42 Å². The van der Waals surface area contributed by atoms with Gasteiger partial charge in [0.25, 0.3) is 0 Å². The molecule has 0 saturated heterocycles. The third-order valence-electron chi connectivity index (χ3n) is 3.00. The molecule has 128 valence electrons. The van der Waals surface area contributed by atoms with E-state index in [0.717, 1.165) is 0 Å². The number of hydrogen-bond donors (Lipinski definition) is 0. The molecule has 25 heavy (non-hydrogen) atoms. The molecule has 2 rings (SSSR count). The highest BCUT2D eigenvalue weighted by atomic mass is 35.5. The molecule has 0 fully saturated rings. The second kappa shape index (κ2) is 8.76. The molecule has 0 heterocycles. The third-order valence-corrected chi connectivity index (χ3v) is 3.25. The van der Waals surface area contributed by atoms with Crippen LogP contribution < -0.4 is 9.47 Å². The van der Waals surface area contributed by atoms with Gasteiger partial charge in [0.1, 0.15) is 23.0 Å². The molecule has 0 aromatic heterocycles. The monoisotopic (exact) mass is 357 g/mol. The molecule has 1 atom stereocenters. The molecule has 0 aliphatic heterocycles. The van der Waals surface area contributed by atoms with Crippen molar-refractivity contribution in [3.05, 3.63) is 53.6 Å². The SMILES string of the molecule is C#CC(C)=NOC(=O)C(C)Oc1ccc(Oc2ccc(Cl)cc2)cc1. The van der Waals surface area contributed by atoms with Crippen molar-refractivity contribution in [2.45, 2.75) is 20.0 Å². The van der Waals surface area contributed by atoms with Gasteiger partial charge >= 0.3 is 5.97 Å². The van der Waals surface area contributed by atoms with Crippen molar-refractivity contribution in [1.82, 2.24) is 0 Å². The van der Waals surface area contributed by atoms with Crippen LogP contribution in [0.2, 0.25) is 5.02 Å². The van der Waals surface area contributed by atoms with Gasteiger partial charge in [-0.05, 0) is 62.4 Å². The average molecular weight is 358 g/mol. The highest BCUT2D eigenvalue weighted by Gasteiger charge is 2.17. The lowest BCUT2D eigenvalue weighted by Gasteiger charge is -2.12. The Labute approximate surface area is 151 Å². The minimum Gasteiger partial charge on any atom is -0.479 e. The van der Waals surface area contributed by atoms with E-state index in [1.165, 1.54) is 0 Å². The minimum atomic E-state index is -0.836. The Kier molecular flexibility index (Phi) is 6.44. The van der Waals surface area contributed by atoms with E-state index >= 15 is 0 Å². The lowest BCUT2D eigenvalue weighted by atomic mass is 10.3. The third kappa shape index (κ3) is 5.87. The first-order chi connectivity index (χ1) is 12.0. The first-order valence-corrected chi connectivity index (χ1v) is 7.78. The second-order valence-corrected chi connectivity index (χ2v) is 5.46. The second-order valence-electron chi connectivity index (χ2n) is 5.02. The number of ether oxygens (including phenoxy) is 2. The van der Waals surface area contributed by atoms with E-state index in [1.54, 1.807) is 62.4 Å². The average Bonchev–Trinajstić information content (AvgIpc) is 2.62. The van der Waals surface area contributed by atoms with Crippen LogP contribution in [0.15, 0.2) is 53.7 Å². The number of benzene rings is 2. The van der Waals surface area contributed by atoms with Gasteiger partial charge in [-0.25, -0.2) is 4.79 Å². The number of carbonyl (C=O) groups is 1. The van der Waals surface area contributed by atoms with Gasteiger partial charge in [-0.2, -0.15) is 0 Å². The van der Waals surface area contributed by atoms with Crippen molar-refractivity contribution in [2.75, 3.05) is 0 Å². The maximum absolute atomic E-state index is 11.7. The molecule has 2 aromatic rings. The molecular formula is C19H16ClNO4. The predicted molar refractivity (Wildman–Crippen MR) is 96.1 cm³/mol. The Bertz CT molecular complexity index is 792. The van der Waals surface area contributed by atoms with Gasteiger partial charge in [0.2, 0.25) is 0 Å². The van der Waals surface area contributed by atoms with Crippen molar-refractivity contribution >= 4 is 23.3 Å². The molecule has 1 unspecified atom stereocenters. The van der Waals surface area contributed by atoms with Gasteiger partial charge in [0, 0.05) is 5.02 Å². The highest BCUT2D eigenvalue weighted by Crippen LogP contribution is 2.25. The fourth-order valence-electron chi connectivity index (χ4n) is 1.69. The van der Waals surface area contributed by atoms with Gasteiger partial charge in [0.15, 0.2) is 6.10 Å². The lowest BCUT2D eigenvalue weighted by molar-refractivity contribution is -0.151. The number of hydrogen-bond acceptors (Lipinski definition) is 5. The summed E-state index contributed by atoms with van der Waals surface area (Å²) < 4.78 is 11.2. The summed E-state index contributed by atoms with van der Waals surface area (Å²) in [5.74, 6) is 3.39. The summed E-state index contributed by atoms with van der Waals surface area (Å²) in [6, 6.07) is 13.8. The summed E-state index contributed by atoms with van der Waals surface area (Å²) in [5.41, 5.74) is 0.268. The zero-order chi connectivity index (χ0) is 18.2. The van der Waals surface area contributed by atoms with Crippen molar-refractivity contribution in [1.29, 1.82) is 0 Å². The molecule has 0 radical (unpaired) electrons. The molecule has 0 N–H and O–H groups in total. The standard InChI is InChI=1S/C19H16ClNO4/c1-4-13(2)21-25-19(22)14(3)23-16-9-11-18(12-10-16)24-17-7-5-15(20)6-8-17/h1,5-12,14H,2-3H3. The van der Waals surface area contributed by atoms with Crippen molar-refractivity contribution in [3.63, 3.8) is 0 Å². The van der Waals surface area contributed by atoms with Crippen molar-refractivity contribution in [2.24, 2.45) is 5.16 Å². The minimum absolute atomic E-state index is 0.268. The number of terminal acetylenes is 1. The predicted octanol–water partition coefficient (Wildman–Crippen LogP) is 4.45. The van der Waals surface area contributed by atoms with Crippen LogP contribution >= 0.6 is 11.6 Å². The Hall–Kier alpha value is -2.97. The molecule has 0 aliphatic rings. The topological polar surface area (TPSA) is 57.1 Å². The first kappa shape index (κ1) is 18.4. The van der Waals surface area contributed by atoms with Crippen LogP contribution in [0.3, 0.4) is 0 Å².